The lowest BCUT2D eigenvalue weighted by Crippen LogP contribution is -2.76. The van der Waals surface area contributed by atoms with E-state index in [1.165, 1.54) is 16.7 Å². The average Bonchev–Trinajstić information content (AvgIpc) is 2.82. The third kappa shape index (κ3) is 4.09. The SMILES string of the molecule is N#CCC(=O)N[C@@H]1C(=O)N2[C@@H](C(=O)OC(c3ccccc3)c3ccccc3)C(=O)CS[C@@H]12. The van der Waals surface area contributed by atoms with Gasteiger partial charge in [0.05, 0.1) is 11.8 Å². The second-order valence-corrected chi connectivity index (χ2v) is 8.44. The van der Waals surface area contributed by atoms with Gasteiger partial charge in [-0.05, 0) is 11.1 Å². The van der Waals surface area contributed by atoms with Gasteiger partial charge in [-0.15, -0.1) is 11.8 Å². The van der Waals surface area contributed by atoms with E-state index in [4.69, 9.17) is 10.00 Å². The lowest BCUT2D eigenvalue weighted by atomic mass is 9.99. The number of nitrogens with zero attached hydrogens (tertiary/aromatic N) is 2. The van der Waals surface area contributed by atoms with Crippen molar-refractivity contribution in [3.63, 3.8) is 0 Å². The highest BCUT2D eigenvalue weighted by Crippen LogP contribution is 2.38. The van der Waals surface area contributed by atoms with Gasteiger partial charge < -0.3 is 15.0 Å². The second-order valence-electron chi connectivity index (χ2n) is 7.33. The standard InChI is InChI=1S/C23H19N3O5S/c24-12-11-17(28)25-18-21(29)26-19(16(27)13-32-22(18)26)23(30)31-20(14-7-3-1-4-8-14)15-9-5-2-6-10-15/h1-10,18-20,22H,11,13H2,(H,25,28)/t18-,19-,22+/m1/s1. The Balaban J connectivity index is 1.55. The Kier molecular flexibility index (Phi) is 6.23. The number of thioether (sulfide) groups is 1. The van der Waals surface area contributed by atoms with E-state index in [9.17, 15) is 19.2 Å². The predicted octanol–water partition coefficient (Wildman–Crippen LogP) is 1.57. The van der Waals surface area contributed by atoms with E-state index >= 15 is 0 Å². The van der Waals surface area contributed by atoms with Crippen LogP contribution >= 0.6 is 11.8 Å². The number of nitriles is 1. The minimum absolute atomic E-state index is 0.0141. The Bertz CT molecular complexity index is 1050. The number of rotatable bonds is 6. The van der Waals surface area contributed by atoms with Crippen LogP contribution in [0, 0.1) is 11.3 Å². The maximum absolute atomic E-state index is 13.2. The summed E-state index contributed by atoms with van der Waals surface area (Å²) in [5.74, 6) is -2.34. The van der Waals surface area contributed by atoms with Crippen LogP contribution < -0.4 is 5.32 Å². The molecule has 0 aromatic heterocycles. The maximum atomic E-state index is 13.2. The molecule has 1 N–H and O–H groups in total. The Labute approximate surface area is 188 Å². The molecule has 2 aromatic rings. The Morgan fingerprint density at radius 3 is 2.25 bits per heavy atom. The molecular formula is C23H19N3O5S. The van der Waals surface area contributed by atoms with Gasteiger partial charge in [-0.1, -0.05) is 60.7 Å². The van der Waals surface area contributed by atoms with Gasteiger partial charge in [-0.25, -0.2) is 4.79 Å². The van der Waals surface area contributed by atoms with Crippen LogP contribution in [0.5, 0.6) is 0 Å². The van der Waals surface area contributed by atoms with Crippen molar-refractivity contribution in [2.24, 2.45) is 0 Å². The van der Waals surface area contributed by atoms with E-state index in [1.54, 1.807) is 6.07 Å². The number of esters is 1. The Morgan fingerprint density at radius 2 is 1.69 bits per heavy atom. The molecule has 2 amide bonds. The zero-order valence-electron chi connectivity index (χ0n) is 16.8. The molecule has 0 radical (unpaired) electrons. The van der Waals surface area contributed by atoms with Crippen LogP contribution in [0.1, 0.15) is 23.7 Å². The summed E-state index contributed by atoms with van der Waals surface area (Å²) in [5, 5.41) is 10.6. The van der Waals surface area contributed by atoms with Crippen molar-refractivity contribution < 1.29 is 23.9 Å². The first-order chi connectivity index (χ1) is 15.5. The fourth-order valence-corrected chi connectivity index (χ4v) is 5.03. The molecule has 162 valence electrons. The molecule has 0 aliphatic carbocycles. The third-order valence-corrected chi connectivity index (χ3v) is 6.57. The van der Waals surface area contributed by atoms with Gasteiger partial charge in [0.2, 0.25) is 11.8 Å². The van der Waals surface area contributed by atoms with Gasteiger partial charge in [-0.3, -0.25) is 14.4 Å². The zero-order valence-corrected chi connectivity index (χ0v) is 17.7. The van der Waals surface area contributed by atoms with E-state index in [1.807, 2.05) is 60.7 Å². The molecule has 32 heavy (non-hydrogen) atoms. The molecule has 9 heteroatoms. The minimum atomic E-state index is -1.37. The summed E-state index contributed by atoms with van der Waals surface area (Å²) < 4.78 is 5.80. The number of hydrogen-bond donors (Lipinski definition) is 1. The van der Waals surface area contributed by atoms with Gasteiger partial charge in [0, 0.05) is 0 Å². The molecule has 2 aliphatic rings. The third-order valence-electron chi connectivity index (χ3n) is 5.28. The first kappa shape index (κ1) is 21.6. The molecule has 0 saturated carbocycles. The lowest BCUT2D eigenvalue weighted by Gasteiger charge is -2.51. The molecule has 8 nitrogen and oxygen atoms in total. The number of fused-ring (bicyclic) bond motifs is 1. The first-order valence-electron chi connectivity index (χ1n) is 9.94. The number of nitrogens with one attached hydrogen (secondary N) is 1. The summed E-state index contributed by atoms with van der Waals surface area (Å²) in [6.07, 6.45) is -1.12. The van der Waals surface area contributed by atoms with E-state index in [-0.39, 0.29) is 12.2 Å². The summed E-state index contributed by atoms with van der Waals surface area (Å²) in [5.41, 5.74) is 1.47. The second kappa shape index (κ2) is 9.24. The van der Waals surface area contributed by atoms with Gasteiger partial charge >= 0.3 is 5.97 Å². The van der Waals surface area contributed by atoms with Crippen LogP contribution in [-0.2, 0) is 23.9 Å². The van der Waals surface area contributed by atoms with Crippen LogP contribution in [0.15, 0.2) is 60.7 Å². The number of benzene rings is 2. The highest BCUT2D eigenvalue weighted by atomic mass is 32.2. The maximum Gasteiger partial charge on any atom is 0.337 e. The molecule has 4 rings (SSSR count). The van der Waals surface area contributed by atoms with E-state index in [2.05, 4.69) is 5.32 Å². The number of carbonyl (C=O) groups excluding carboxylic acids is 4. The fourth-order valence-electron chi connectivity index (χ4n) is 3.78. The number of β-lactam (4-membered cyclic amide) rings is 1. The highest BCUT2D eigenvalue weighted by Gasteiger charge is 2.58. The Morgan fingerprint density at radius 1 is 1.09 bits per heavy atom. The number of ketones is 1. The van der Waals surface area contributed by atoms with Gasteiger partial charge in [-0.2, -0.15) is 5.26 Å². The van der Waals surface area contributed by atoms with Gasteiger partial charge in [0.25, 0.3) is 0 Å². The topological polar surface area (TPSA) is 117 Å². The smallest absolute Gasteiger partial charge is 0.337 e. The van der Waals surface area contributed by atoms with Crippen molar-refractivity contribution in [3.8, 4) is 6.07 Å². The molecule has 3 atom stereocenters. The monoisotopic (exact) mass is 449 g/mol. The minimum Gasteiger partial charge on any atom is -0.451 e. The Hall–Kier alpha value is -3.64. The zero-order chi connectivity index (χ0) is 22.7. The van der Waals surface area contributed by atoms with Gasteiger partial charge in [0.15, 0.2) is 17.9 Å². The van der Waals surface area contributed by atoms with Crippen LogP contribution in [0.3, 0.4) is 0 Å². The molecule has 2 aromatic carbocycles. The lowest BCUT2D eigenvalue weighted by molar-refractivity contribution is -0.170. The van der Waals surface area contributed by atoms with E-state index in [0.29, 0.717) is 0 Å². The summed E-state index contributed by atoms with van der Waals surface area (Å²) in [6, 6.07) is 17.8. The summed E-state index contributed by atoms with van der Waals surface area (Å²) in [7, 11) is 0. The van der Waals surface area contributed by atoms with E-state index in [0.717, 1.165) is 11.1 Å². The summed E-state index contributed by atoms with van der Waals surface area (Å²) >= 11 is 1.18. The molecule has 0 spiro atoms. The first-order valence-corrected chi connectivity index (χ1v) is 11.0. The number of amides is 2. The largest absolute Gasteiger partial charge is 0.451 e. The van der Waals surface area contributed by atoms with Crippen molar-refractivity contribution in [3.05, 3.63) is 71.8 Å². The highest BCUT2D eigenvalue weighted by molar-refractivity contribution is 8.00. The fraction of sp³-hybridized carbons (Fsp3) is 0.261. The van der Waals surface area contributed by atoms with Crippen LogP contribution in [0.4, 0.5) is 0 Å². The molecule has 2 heterocycles. The normalized spacial score (nSPS) is 21.9. The van der Waals surface area contributed by atoms with Crippen molar-refractivity contribution >= 4 is 35.3 Å². The molecule has 2 fully saturated rings. The predicted molar refractivity (Wildman–Crippen MR) is 115 cm³/mol. The number of carbonyl (C=O) groups is 4. The van der Waals surface area contributed by atoms with Crippen LogP contribution in [-0.4, -0.2) is 51.7 Å². The molecular weight excluding hydrogens is 430 g/mol. The summed E-state index contributed by atoms with van der Waals surface area (Å²) in [4.78, 5) is 51.3. The molecule has 2 saturated heterocycles. The van der Waals surface area contributed by atoms with Gasteiger partial charge in [0.1, 0.15) is 17.8 Å². The molecule has 0 bridgehead atoms. The van der Waals surface area contributed by atoms with Crippen molar-refractivity contribution in [2.75, 3.05) is 5.75 Å². The number of ether oxygens (including phenoxy) is 1. The van der Waals surface area contributed by atoms with Crippen molar-refractivity contribution in [2.45, 2.75) is 30.0 Å². The van der Waals surface area contributed by atoms with Crippen molar-refractivity contribution in [1.29, 1.82) is 5.26 Å². The summed E-state index contributed by atoms with van der Waals surface area (Å²) in [6.45, 7) is 0. The quantitative estimate of drug-likeness (QED) is 0.404. The number of hydrogen-bond acceptors (Lipinski definition) is 7. The molecule has 0 unspecified atom stereocenters. The average molecular weight is 449 g/mol. The molecule has 2 aliphatic heterocycles. The van der Waals surface area contributed by atoms with Crippen LogP contribution in [0.2, 0.25) is 0 Å². The number of Topliss-reactive ketones (excluding diaryl/α,β-unsaturated/α-hetero) is 1. The van der Waals surface area contributed by atoms with Crippen molar-refractivity contribution in [1.82, 2.24) is 10.2 Å². The van der Waals surface area contributed by atoms with Crippen LogP contribution in [0.25, 0.3) is 0 Å². The van der Waals surface area contributed by atoms with E-state index < -0.39 is 47.1 Å².